The van der Waals surface area contributed by atoms with Gasteiger partial charge < -0.3 is 67.8 Å². The number of epoxide rings is 1. The number of aliphatic hydroxyl groups is 3. The van der Waals surface area contributed by atoms with E-state index in [2.05, 4.69) is 0 Å². The van der Waals surface area contributed by atoms with Crippen molar-refractivity contribution >= 4 is 16.6 Å². The second-order valence-electron chi connectivity index (χ2n) is 16.3. The van der Waals surface area contributed by atoms with Gasteiger partial charge >= 0.3 is 0 Å². The van der Waals surface area contributed by atoms with Crippen molar-refractivity contribution in [1.82, 2.24) is 0 Å². The average Bonchev–Trinajstić information content (AvgIpc) is 3.76. The zero-order valence-corrected chi connectivity index (χ0v) is 30.9. The number of ketones is 1. The lowest BCUT2D eigenvalue weighted by Crippen LogP contribution is -2.68. The van der Waals surface area contributed by atoms with E-state index in [0.717, 1.165) is 5.56 Å². The molecule has 0 saturated carbocycles. The fourth-order valence-corrected chi connectivity index (χ4v) is 10.0. The van der Waals surface area contributed by atoms with E-state index >= 15 is 0 Å². The maximum absolute atomic E-state index is 13.2. The first kappa shape index (κ1) is 36.0. The number of ether oxygens (including phenoxy) is 10. The Bertz CT molecular complexity index is 1870. The molecule has 13 atom stereocenters. The van der Waals surface area contributed by atoms with Gasteiger partial charge in [0.2, 0.25) is 11.4 Å². The van der Waals surface area contributed by atoms with Gasteiger partial charge in [0, 0.05) is 42.9 Å². The van der Waals surface area contributed by atoms with Crippen LogP contribution in [-0.2, 0) is 44.3 Å². The molecule has 15 heteroatoms. The molecule has 2 aromatic carbocycles. The Kier molecular flexibility index (Phi) is 7.93. The van der Waals surface area contributed by atoms with E-state index in [1.165, 1.54) is 14.0 Å². The van der Waals surface area contributed by atoms with Crippen LogP contribution in [0.15, 0.2) is 6.07 Å². The largest absolute Gasteiger partial charge is 0.506 e. The molecule has 1 aliphatic carbocycles. The Hall–Kier alpha value is -2.67. The summed E-state index contributed by atoms with van der Waals surface area (Å²) >= 11 is 0. The molecule has 11 unspecified atom stereocenters. The molecule has 1 spiro atoms. The van der Waals surface area contributed by atoms with Gasteiger partial charge in [-0.15, -0.1) is 0 Å². The summed E-state index contributed by atoms with van der Waals surface area (Å²) in [7, 11) is 3.06. The van der Waals surface area contributed by atoms with Crippen LogP contribution in [0.1, 0.15) is 86.5 Å². The number of aromatic hydroxyl groups is 1. The zero-order valence-electron chi connectivity index (χ0n) is 30.9. The summed E-state index contributed by atoms with van der Waals surface area (Å²) in [6, 6.07) is 1.91. The van der Waals surface area contributed by atoms with E-state index < -0.39 is 77.6 Å². The first-order valence-corrected chi connectivity index (χ1v) is 18.4. The normalized spacial score (nSPS) is 45.3. The minimum atomic E-state index is -1.51. The van der Waals surface area contributed by atoms with Gasteiger partial charge in [-0.3, -0.25) is 4.79 Å². The minimum Gasteiger partial charge on any atom is -0.506 e. The van der Waals surface area contributed by atoms with Crippen LogP contribution in [-0.4, -0.2) is 125 Å². The number of phenols is 1. The number of carbonyl (C=O) groups excluding carboxylic acids is 1. The van der Waals surface area contributed by atoms with E-state index in [-0.39, 0.29) is 43.2 Å². The monoisotopic (exact) mass is 744 g/mol. The number of carbonyl (C=O) groups is 1. The van der Waals surface area contributed by atoms with Crippen LogP contribution >= 0.6 is 0 Å². The van der Waals surface area contributed by atoms with Crippen LogP contribution in [0.25, 0.3) is 10.8 Å². The van der Waals surface area contributed by atoms with Gasteiger partial charge in [-0.05, 0) is 59.1 Å². The third-order valence-electron chi connectivity index (χ3n) is 12.6. The Morgan fingerprint density at radius 1 is 1.00 bits per heavy atom. The molecule has 9 rings (SSSR count). The number of fused-ring (bicyclic) bond motifs is 8. The van der Waals surface area contributed by atoms with Crippen LogP contribution in [0.4, 0.5) is 0 Å². The summed E-state index contributed by atoms with van der Waals surface area (Å²) in [5.41, 5.74) is -1.75. The first-order valence-electron chi connectivity index (χ1n) is 18.4. The highest BCUT2D eigenvalue weighted by molar-refractivity contribution is 6.11. The number of methoxy groups -OCH3 is 2. The number of aryl methyl sites for hydroxylation is 1. The Morgan fingerprint density at radius 3 is 2.38 bits per heavy atom. The second-order valence-corrected chi connectivity index (χ2v) is 16.3. The smallest absolute Gasteiger partial charge is 0.276 e. The summed E-state index contributed by atoms with van der Waals surface area (Å²) in [6.07, 6.45) is -4.95. The molecule has 0 amide bonds. The van der Waals surface area contributed by atoms with Crippen molar-refractivity contribution in [2.75, 3.05) is 27.4 Å². The fourth-order valence-electron chi connectivity index (χ4n) is 10.0. The molecule has 0 aromatic heterocycles. The number of aliphatic hydroxyl groups excluding tert-OH is 1. The number of phenolic OH excluding ortho intramolecular Hbond substituents is 1. The van der Waals surface area contributed by atoms with Gasteiger partial charge in [0.25, 0.3) is 5.79 Å². The van der Waals surface area contributed by atoms with Crippen LogP contribution in [0.2, 0.25) is 0 Å². The van der Waals surface area contributed by atoms with Crippen molar-refractivity contribution in [3.05, 3.63) is 28.3 Å². The van der Waals surface area contributed by atoms with E-state index in [1.807, 2.05) is 13.0 Å². The molecule has 4 N–H and O–H groups in total. The molecule has 7 aliphatic rings. The molecule has 6 aliphatic heterocycles. The minimum absolute atomic E-state index is 0.00848. The van der Waals surface area contributed by atoms with Gasteiger partial charge in [-0.25, -0.2) is 0 Å². The van der Waals surface area contributed by atoms with Crippen molar-refractivity contribution in [3.63, 3.8) is 0 Å². The Morgan fingerprint density at radius 2 is 1.72 bits per heavy atom. The van der Waals surface area contributed by atoms with Crippen molar-refractivity contribution in [3.8, 4) is 17.2 Å². The van der Waals surface area contributed by atoms with E-state index in [0.29, 0.717) is 52.7 Å². The van der Waals surface area contributed by atoms with E-state index in [1.54, 1.807) is 27.9 Å². The molecular weight excluding hydrogens is 696 g/mol. The maximum atomic E-state index is 13.2. The average molecular weight is 745 g/mol. The summed E-state index contributed by atoms with van der Waals surface area (Å²) < 4.78 is 63.2. The predicted octanol–water partition coefficient (Wildman–Crippen LogP) is 2.59. The van der Waals surface area contributed by atoms with Gasteiger partial charge in [0.15, 0.2) is 24.5 Å². The second kappa shape index (κ2) is 11.7. The highest BCUT2D eigenvalue weighted by Gasteiger charge is 2.91. The van der Waals surface area contributed by atoms with Crippen LogP contribution in [0, 0.1) is 6.92 Å². The van der Waals surface area contributed by atoms with Crippen molar-refractivity contribution in [1.29, 1.82) is 0 Å². The van der Waals surface area contributed by atoms with Crippen LogP contribution in [0.3, 0.4) is 0 Å². The van der Waals surface area contributed by atoms with Gasteiger partial charge in [-0.1, -0.05) is 0 Å². The van der Waals surface area contributed by atoms with Crippen molar-refractivity contribution < 1.29 is 72.6 Å². The predicted molar refractivity (Wildman–Crippen MR) is 181 cm³/mol. The van der Waals surface area contributed by atoms with E-state index in [9.17, 15) is 25.2 Å². The number of hydrogen-bond acceptors (Lipinski definition) is 15. The SMILES string of the molecule is COc1c2c(c(O)c3c4c(c(C)cc13)C1OC3(COC5CC(C)(O)C(OC6CC(C)(O)C(O)C(C)O6)C(C)O5)OC1[C@@](OC)(O4)[C@@]31CO1)C(=O)CCC2. The van der Waals surface area contributed by atoms with Crippen molar-refractivity contribution in [2.45, 2.75) is 144 Å². The standard InChI is InChI=1S/C38H48O15/c1-16-11-20-26(27(40)25-19(28(20)44-6)9-8-10-21(25)39)29-24(16)30-33-38(45-7,52-29)36(14-47-36)37(51-30,53-33)15-46-22-12-35(5,43)32(18(3)49-22)50-23-13-34(4,42)31(41)17(2)48-23/h11,17-18,22-23,30-33,40-43H,8-10,12-15H2,1-7H3/t17?,18?,22?,23?,30?,31?,32?,33?,34?,35?,36-,37?,38-/m1/s1. The third-order valence-corrected chi connectivity index (χ3v) is 12.6. The summed E-state index contributed by atoms with van der Waals surface area (Å²) in [5, 5.41) is 45.4. The topological polar surface area (TPSA) is 194 Å². The number of Topliss-reactive ketones (excluding diaryl/α,β-unsaturated/α-hetero) is 1. The highest BCUT2D eigenvalue weighted by Crippen LogP contribution is 2.71. The molecule has 53 heavy (non-hydrogen) atoms. The lowest BCUT2D eigenvalue weighted by molar-refractivity contribution is -0.348. The lowest BCUT2D eigenvalue weighted by Gasteiger charge is -2.49. The molecular formula is C38H48O15. The number of hydrogen-bond donors (Lipinski definition) is 4. The first-order chi connectivity index (χ1) is 25.0. The molecule has 5 saturated heterocycles. The summed E-state index contributed by atoms with van der Waals surface area (Å²) in [4.78, 5) is 13.2. The zero-order chi connectivity index (χ0) is 37.6. The molecule has 5 fully saturated rings. The van der Waals surface area contributed by atoms with E-state index in [4.69, 9.17) is 47.4 Å². The van der Waals surface area contributed by atoms with Gasteiger partial charge in [0.1, 0.15) is 42.2 Å². The number of benzene rings is 2. The molecule has 2 aromatic rings. The molecule has 15 nitrogen and oxygen atoms in total. The van der Waals surface area contributed by atoms with Crippen molar-refractivity contribution in [2.24, 2.45) is 0 Å². The maximum Gasteiger partial charge on any atom is 0.276 e. The Labute approximate surface area is 306 Å². The molecule has 0 radical (unpaired) electrons. The van der Waals surface area contributed by atoms with Gasteiger partial charge in [-0.2, -0.15) is 0 Å². The third kappa shape index (κ3) is 4.76. The van der Waals surface area contributed by atoms with Crippen LogP contribution in [0.5, 0.6) is 17.2 Å². The van der Waals surface area contributed by atoms with Crippen LogP contribution < -0.4 is 9.47 Å². The molecule has 290 valence electrons. The summed E-state index contributed by atoms with van der Waals surface area (Å²) in [5.74, 6) is -2.48. The number of rotatable bonds is 7. The summed E-state index contributed by atoms with van der Waals surface area (Å²) in [6.45, 7) is 8.47. The Balaban J connectivity index is 1.00. The quantitative estimate of drug-likeness (QED) is 0.302. The lowest BCUT2D eigenvalue weighted by atomic mass is 9.78. The molecule has 6 heterocycles. The highest BCUT2D eigenvalue weighted by atomic mass is 16.9. The van der Waals surface area contributed by atoms with Gasteiger partial charge in [0.05, 0.1) is 48.1 Å². The fraction of sp³-hybridized carbons (Fsp3) is 0.711. The molecule has 2 bridgehead atoms.